The number of amides is 1. The molecule has 2 atom stereocenters. The summed E-state index contributed by atoms with van der Waals surface area (Å²) in [6, 6.07) is 4.90. The van der Waals surface area contributed by atoms with Gasteiger partial charge >= 0.3 is 0 Å². The minimum Gasteiger partial charge on any atom is -1.00 e. The lowest BCUT2D eigenvalue weighted by molar-refractivity contribution is -0.684. The molecular formula is C25H43BrN2O3. The van der Waals surface area contributed by atoms with E-state index < -0.39 is 12.1 Å². The summed E-state index contributed by atoms with van der Waals surface area (Å²) < 4.78 is 1.75. The number of aliphatic hydroxyl groups excluding tert-OH is 2. The molecular weight excluding hydrogens is 456 g/mol. The van der Waals surface area contributed by atoms with Crippen LogP contribution in [0.25, 0.3) is 0 Å². The number of rotatable bonds is 18. The molecule has 0 aliphatic heterocycles. The Kier molecular flexibility index (Phi) is 19.8. The molecule has 31 heavy (non-hydrogen) atoms. The summed E-state index contributed by atoms with van der Waals surface area (Å²) in [7, 11) is 0. The van der Waals surface area contributed by atoms with Crippen LogP contribution in [-0.2, 0) is 11.3 Å². The quantitative estimate of drug-likeness (QED) is 0.161. The molecule has 178 valence electrons. The normalized spacial score (nSPS) is 13.0. The van der Waals surface area contributed by atoms with Crippen LogP contribution in [0.3, 0.4) is 0 Å². The molecule has 3 N–H and O–H groups in total. The van der Waals surface area contributed by atoms with Crippen LogP contribution in [0, 0.1) is 0 Å². The number of aromatic nitrogens is 1. The van der Waals surface area contributed by atoms with E-state index >= 15 is 0 Å². The van der Waals surface area contributed by atoms with Gasteiger partial charge in [-0.25, -0.2) is 0 Å². The maximum absolute atomic E-state index is 12.1. The van der Waals surface area contributed by atoms with E-state index in [1.807, 2.05) is 24.3 Å². The van der Waals surface area contributed by atoms with Crippen molar-refractivity contribution < 1.29 is 36.6 Å². The number of nitrogens with zero attached hydrogens (tertiary/aromatic N) is 1. The minimum atomic E-state index is -0.882. The van der Waals surface area contributed by atoms with Crippen molar-refractivity contribution >= 4 is 5.91 Å². The van der Waals surface area contributed by atoms with E-state index in [4.69, 9.17) is 0 Å². The number of unbranched alkanes of at least 4 members (excludes halogenated alkanes) is 11. The first kappa shape index (κ1) is 29.8. The lowest BCUT2D eigenvalue weighted by Crippen LogP contribution is -3.00. The molecule has 0 radical (unpaired) electrons. The third kappa shape index (κ3) is 16.1. The highest BCUT2D eigenvalue weighted by Gasteiger charge is 2.20. The van der Waals surface area contributed by atoms with Crippen molar-refractivity contribution in [3.8, 4) is 0 Å². The maximum Gasteiger partial charge on any atom is 0.286 e. The van der Waals surface area contributed by atoms with E-state index in [0.717, 1.165) is 12.8 Å². The van der Waals surface area contributed by atoms with E-state index in [9.17, 15) is 15.0 Å². The summed E-state index contributed by atoms with van der Waals surface area (Å²) >= 11 is 0. The highest BCUT2D eigenvalue weighted by molar-refractivity contribution is 5.74. The molecule has 5 nitrogen and oxygen atoms in total. The van der Waals surface area contributed by atoms with Crippen LogP contribution < -0.4 is 26.9 Å². The first-order valence-corrected chi connectivity index (χ1v) is 11.9. The zero-order valence-electron chi connectivity index (χ0n) is 19.2. The average molecular weight is 500 g/mol. The number of carbonyl (C=O) groups excluding carboxylic acids is 1. The van der Waals surface area contributed by atoms with E-state index in [2.05, 4.69) is 12.2 Å². The van der Waals surface area contributed by atoms with Crippen molar-refractivity contribution in [2.24, 2.45) is 0 Å². The van der Waals surface area contributed by atoms with Crippen LogP contribution in [-0.4, -0.2) is 34.9 Å². The lowest BCUT2D eigenvalue weighted by Gasteiger charge is -2.19. The van der Waals surface area contributed by atoms with Gasteiger partial charge in [-0.3, -0.25) is 4.79 Å². The highest BCUT2D eigenvalue weighted by atomic mass is 79.9. The zero-order valence-corrected chi connectivity index (χ0v) is 20.8. The first-order chi connectivity index (χ1) is 14.7. The summed E-state index contributed by atoms with van der Waals surface area (Å²) in [4.78, 5) is 12.1. The third-order valence-corrected chi connectivity index (χ3v) is 5.37. The van der Waals surface area contributed by atoms with Gasteiger partial charge in [-0.2, -0.15) is 4.57 Å². The summed E-state index contributed by atoms with van der Waals surface area (Å²) in [6.45, 7) is 2.12. The summed E-state index contributed by atoms with van der Waals surface area (Å²) in [5.41, 5.74) is 0. The number of pyridine rings is 1. The van der Waals surface area contributed by atoms with Crippen LogP contribution in [0.5, 0.6) is 0 Å². The van der Waals surface area contributed by atoms with E-state index in [-0.39, 0.29) is 36.0 Å². The Bertz CT molecular complexity index is 569. The Morgan fingerprint density at radius 1 is 0.935 bits per heavy atom. The van der Waals surface area contributed by atoms with Crippen molar-refractivity contribution in [3.05, 3.63) is 42.7 Å². The topological polar surface area (TPSA) is 73.4 Å². The molecule has 1 amide bonds. The van der Waals surface area contributed by atoms with Crippen LogP contribution in [0.2, 0.25) is 0 Å². The Labute approximate surface area is 199 Å². The van der Waals surface area contributed by atoms with Gasteiger partial charge in [-0.05, 0) is 12.8 Å². The summed E-state index contributed by atoms with van der Waals surface area (Å²) in [5, 5.41) is 22.4. The Hall–Kier alpha value is -1.24. The lowest BCUT2D eigenvalue weighted by atomic mass is 10.0. The smallest absolute Gasteiger partial charge is 0.286 e. The van der Waals surface area contributed by atoms with Gasteiger partial charge in [0, 0.05) is 12.1 Å². The maximum atomic E-state index is 12.1. The summed E-state index contributed by atoms with van der Waals surface area (Å²) in [6.07, 6.45) is 21.8. The molecule has 0 unspecified atom stereocenters. The molecule has 0 saturated carbocycles. The van der Waals surface area contributed by atoms with Gasteiger partial charge in [0.25, 0.3) is 5.91 Å². The molecule has 0 aliphatic carbocycles. The van der Waals surface area contributed by atoms with Crippen LogP contribution in [0.1, 0.15) is 84.0 Å². The molecule has 1 heterocycles. The van der Waals surface area contributed by atoms with Gasteiger partial charge < -0.3 is 32.5 Å². The largest absolute Gasteiger partial charge is 1.00 e. The van der Waals surface area contributed by atoms with Gasteiger partial charge in [-0.1, -0.05) is 89.4 Å². The van der Waals surface area contributed by atoms with Crippen molar-refractivity contribution in [1.82, 2.24) is 5.32 Å². The molecule has 1 rings (SSSR count). The molecule has 0 bridgehead atoms. The van der Waals surface area contributed by atoms with Gasteiger partial charge in [0.15, 0.2) is 12.4 Å². The van der Waals surface area contributed by atoms with Crippen molar-refractivity contribution in [2.75, 3.05) is 6.61 Å². The molecule has 0 fully saturated rings. The minimum absolute atomic E-state index is 0. The number of nitrogens with one attached hydrogen (secondary N) is 1. The molecule has 1 aromatic rings. The second-order valence-corrected chi connectivity index (χ2v) is 8.15. The Balaban J connectivity index is 0.00000900. The van der Waals surface area contributed by atoms with Gasteiger partial charge in [0.05, 0.1) is 18.8 Å². The van der Waals surface area contributed by atoms with Crippen LogP contribution in [0.4, 0.5) is 0 Å². The van der Waals surface area contributed by atoms with Gasteiger partial charge in [0.1, 0.15) is 0 Å². The number of carbonyl (C=O) groups is 1. The predicted molar refractivity (Wildman–Crippen MR) is 122 cm³/mol. The van der Waals surface area contributed by atoms with E-state index in [1.54, 1.807) is 23.0 Å². The number of allylic oxidation sites excluding steroid dienone is 1. The first-order valence-electron chi connectivity index (χ1n) is 11.9. The fourth-order valence-corrected chi connectivity index (χ4v) is 3.49. The molecule has 6 heteroatoms. The molecule has 0 aromatic carbocycles. The number of hydrogen-bond acceptors (Lipinski definition) is 3. The van der Waals surface area contributed by atoms with Crippen LogP contribution >= 0.6 is 0 Å². The third-order valence-electron chi connectivity index (χ3n) is 5.37. The molecule has 0 aliphatic rings. The van der Waals surface area contributed by atoms with Crippen LogP contribution in [0.15, 0.2) is 42.7 Å². The number of aliphatic hydroxyl groups is 2. The fraction of sp³-hybridized carbons (Fsp3) is 0.680. The predicted octanol–water partition coefficient (Wildman–Crippen LogP) is 1.07. The zero-order chi connectivity index (χ0) is 21.9. The van der Waals surface area contributed by atoms with Crippen molar-refractivity contribution in [2.45, 2.75) is 103 Å². The monoisotopic (exact) mass is 498 g/mol. The number of hydrogen-bond donors (Lipinski definition) is 3. The highest BCUT2D eigenvalue weighted by Crippen LogP contribution is 2.12. The second kappa shape index (κ2) is 20.7. The fourth-order valence-electron chi connectivity index (χ4n) is 3.49. The Morgan fingerprint density at radius 3 is 2.03 bits per heavy atom. The van der Waals surface area contributed by atoms with E-state index in [1.165, 1.54) is 64.2 Å². The standard InChI is InChI=1S/C25H42N2O3.BrH/c1-2-3-4-5-6-7-8-9-10-11-12-13-15-18-24(29)23(22-28)26-25(30)21-27-19-16-14-17-20-27;/h14-20,23-24,28-29H,2-13,21-22H2,1H3;1H/b18-15+;/t23-,24-;/m0./s1. The van der Waals surface area contributed by atoms with Crippen molar-refractivity contribution in [1.29, 1.82) is 0 Å². The SMILES string of the molecule is CCCCCCCCCCCCC/C=C/[C@H](O)[C@H](CO)NC(=O)C[n+]1ccccc1.[Br-]. The molecule has 0 saturated heterocycles. The van der Waals surface area contributed by atoms with Gasteiger partial charge in [-0.15, -0.1) is 0 Å². The summed E-state index contributed by atoms with van der Waals surface area (Å²) in [5.74, 6) is -0.233. The number of halogens is 1. The van der Waals surface area contributed by atoms with Crippen molar-refractivity contribution in [3.63, 3.8) is 0 Å². The average Bonchev–Trinajstić information content (AvgIpc) is 2.75. The van der Waals surface area contributed by atoms with E-state index in [0.29, 0.717) is 0 Å². The molecule has 1 aromatic heterocycles. The molecule has 0 spiro atoms. The van der Waals surface area contributed by atoms with Gasteiger partial charge in [0.2, 0.25) is 6.54 Å². The Morgan fingerprint density at radius 2 is 1.48 bits per heavy atom. The second-order valence-electron chi connectivity index (χ2n) is 8.15.